The molecule has 3 rings (SSSR count). The topological polar surface area (TPSA) is 29.9 Å². The average Bonchev–Trinajstić information content (AvgIpc) is 3.00. The molecule has 3 heteroatoms. The Labute approximate surface area is 84.5 Å². The van der Waals surface area contributed by atoms with E-state index >= 15 is 0 Å². The largest absolute Gasteiger partial charge is 0.353 e. The number of hydrogen-bond acceptors (Lipinski definition) is 2. The highest BCUT2D eigenvalue weighted by atomic mass is 15.2. The van der Waals surface area contributed by atoms with Crippen molar-refractivity contribution < 1.29 is 0 Å². The molecule has 2 saturated carbocycles. The number of rotatable bonds is 3. The van der Waals surface area contributed by atoms with Crippen molar-refractivity contribution in [2.45, 2.75) is 45.2 Å². The van der Waals surface area contributed by atoms with Crippen LogP contribution in [0.4, 0.5) is 5.95 Å². The summed E-state index contributed by atoms with van der Waals surface area (Å²) in [4.78, 5) is 4.54. The lowest BCUT2D eigenvalue weighted by Gasteiger charge is -2.07. The summed E-state index contributed by atoms with van der Waals surface area (Å²) in [6, 6.07) is 1.40. The second-order valence-electron chi connectivity index (χ2n) is 4.81. The monoisotopic (exact) mass is 191 g/mol. The first-order chi connectivity index (χ1) is 6.74. The fourth-order valence-corrected chi connectivity index (χ4v) is 1.94. The van der Waals surface area contributed by atoms with Crippen LogP contribution in [0.15, 0.2) is 6.20 Å². The summed E-state index contributed by atoms with van der Waals surface area (Å²) in [7, 11) is 0. The van der Waals surface area contributed by atoms with Crippen molar-refractivity contribution in [3.8, 4) is 0 Å². The number of aryl methyl sites for hydroxylation is 1. The molecule has 0 saturated heterocycles. The summed E-state index contributed by atoms with van der Waals surface area (Å²) >= 11 is 0. The van der Waals surface area contributed by atoms with Gasteiger partial charge in [0, 0.05) is 18.3 Å². The smallest absolute Gasteiger partial charge is 0.203 e. The Bertz CT molecular complexity index is 351. The number of anilines is 1. The van der Waals surface area contributed by atoms with Gasteiger partial charge in [0.05, 0.1) is 5.69 Å². The molecule has 76 valence electrons. The van der Waals surface area contributed by atoms with E-state index in [9.17, 15) is 0 Å². The maximum atomic E-state index is 4.54. The van der Waals surface area contributed by atoms with E-state index in [-0.39, 0.29) is 0 Å². The molecule has 1 N–H and O–H groups in total. The minimum absolute atomic E-state index is 0.675. The zero-order chi connectivity index (χ0) is 9.71. The summed E-state index contributed by atoms with van der Waals surface area (Å²) in [6.45, 7) is 4.36. The van der Waals surface area contributed by atoms with Crippen molar-refractivity contribution in [2.24, 2.45) is 5.92 Å². The molecule has 1 heterocycles. The minimum Gasteiger partial charge on any atom is -0.353 e. The van der Waals surface area contributed by atoms with Gasteiger partial charge in [-0.15, -0.1) is 0 Å². The molecule has 1 aromatic rings. The Morgan fingerprint density at radius 2 is 2.21 bits per heavy atom. The van der Waals surface area contributed by atoms with Gasteiger partial charge in [0.1, 0.15) is 0 Å². The van der Waals surface area contributed by atoms with E-state index in [0.29, 0.717) is 6.04 Å². The number of nitrogens with one attached hydrogen (secondary N) is 1. The molecule has 2 fully saturated rings. The third-order valence-corrected chi connectivity index (χ3v) is 3.22. The maximum absolute atomic E-state index is 4.54. The lowest BCUT2D eigenvalue weighted by Crippen LogP contribution is -2.09. The summed E-state index contributed by atoms with van der Waals surface area (Å²) in [6.07, 6.45) is 6.12. The van der Waals surface area contributed by atoms with Crippen LogP contribution in [-0.4, -0.2) is 15.6 Å². The van der Waals surface area contributed by atoms with Gasteiger partial charge in [-0.25, -0.2) is 4.98 Å². The highest BCUT2D eigenvalue weighted by Gasteiger charge is 2.35. The zero-order valence-corrected chi connectivity index (χ0v) is 8.83. The molecule has 3 nitrogen and oxygen atoms in total. The van der Waals surface area contributed by atoms with E-state index in [2.05, 4.69) is 34.9 Å². The van der Waals surface area contributed by atoms with E-state index < -0.39 is 0 Å². The molecule has 2 aliphatic carbocycles. The fraction of sp³-hybridized carbons (Fsp3) is 0.727. The van der Waals surface area contributed by atoms with Crippen LogP contribution < -0.4 is 5.32 Å². The number of aromatic nitrogens is 2. The van der Waals surface area contributed by atoms with Gasteiger partial charge in [-0.2, -0.15) is 0 Å². The molecule has 0 aromatic carbocycles. The molecule has 2 atom stereocenters. The van der Waals surface area contributed by atoms with Gasteiger partial charge in [-0.1, -0.05) is 6.92 Å². The zero-order valence-electron chi connectivity index (χ0n) is 8.83. The van der Waals surface area contributed by atoms with Gasteiger partial charge in [0.25, 0.3) is 0 Å². The van der Waals surface area contributed by atoms with E-state index in [1.54, 1.807) is 0 Å². The first-order valence-corrected chi connectivity index (χ1v) is 5.56. The van der Waals surface area contributed by atoms with Gasteiger partial charge in [-0.3, -0.25) is 0 Å². The Kier molecular flexibility index (Phi) is 1.64. The van der Waals surface area contributed by atoms with E-state index in [0.717, 1.165) is 23.6 Å². The van der Waals surface area contributed by atoms with Crippen molar-refractivity contribution in [2.75, 3.05) is 5.32 Å². The van der Waals surface area contributed by atoms with E-state index in [4.69, 9.17) is 0 Å². The first-order valence-electron chi connectivity index (χ1n) is 5.56. The van der Waals surface area contributed by atoms with Crippen LogP contribution in [0.1, 0.15) is 37.9 Å². The Balaban J connectivity index is 1.80. The SMILES string of the molecule is Cc1cn(C2CC2)c(NC2CC2C)n1. The number of imidazole rings is 1. The molecular weight excluding hydrogens is 174 g/mol. The standard InChI is InChI=1S/C11H17N3/c1-7-5-10(7)13-11-12-8(2)6-14(11)9-3-4-9/h6-7,9-10H,3-5H2,1-2H3,(H,12,13). The second kappa shape index (κ2) is 2.75. The Morgan fingerprint density at radius 3 is 2.79 bits per heavy atom. The van der Waals surface area contributed by atoms with Crippen molar-refractivity contribution in [1.29, 1.82) is 0 Å². The average molecular weight is 191 g/mol. The molecule has 0 aliphatic heterocycles. The van der Waals surface area contributed by atoms with Crippen LogP contribution in [0.2, 0.25) is 0 Å². The Morgan fingerprint density at radius 1 is 1.50 bits per heavy atom. The molecule has 14 heavy (non-hydrogen) atoms. The fourth-order valence-electron chi connectivity index (χ4n) is 1.94. The van der Waals surface area contributed by atoms with Crippen molar-refractivity contribution in [3.05, 3.63) is 11.9 Å². The molecule has 2 unspecified atom stereocenters. The lowest BCUT2D eigenvalue weighted by molar-refractivity contribution is 0.739. The van der Waals surface area contributed by atoms with Gasteiger partial charge < -0.3 is 9.88 Å². The van der Waals surface area contributed by atoms with Crippen LogP contribution in [0.25, 0.3) is 0 Å². The van der Waals surface area contributed by atoms with Gasteiger partial charge in [-0.05, 0) is 32.1 Å². The molecule has 0 amide bonds. The third kappa shape index (κ3) is 1.41. The second-order valence-corrected chi connectivity index (χ2v) is 4.81. The van der Waals surface area contributed by atoms with E-state index in [1.807, 2.05) is 0 Å². The predicted molar refractivity (Wildman–Crippen MR) is 56.4 cm³/mol. The van der Waals surface area contributed by atoms with Gasteiger partial charge >= 0.3 is 0 Å². The minimum atomic E-state index is 0.675. The molecule has 1 aromatic heterocycles. The lowest BCUT2D eigenvalue weighted by atomic mass is 10.5. The first kappa shape index (κ1) is 8.33. The molecule has 0 bridgehead atoms. The predicted octanol–water partition coefficient (Wildman–Crippen LogP) is 2.35. The maximum Gasteiger partial charge on any atom is 0.203 e. The third-order valence-electron chi connectivity index (χ3n) is 3.22. The van der Waals surface area contributed by atoms with Crippen molar-refractivity contribution in [1.82, 2.24) is 9.55 Å². The normalized spacial score (nSPS) is 30.4. The highest BCUT2D eigenvalue weighted by molar-refractivity contribution is 5.34. The summed E-state index contributed by atoms with van der Waals surface area (Å²) < 4.78 is 2.32. The van der Waals surface area contributed by atoms with Crippen LogP contribution in [0.5, 0.6) is 0 Å². The number of nitrogens with zero attached hydrogens (tertiary/aromatic N) is 2. The molecule has 2 aliphatic rings. The Hall–Kier alpha value is -0.990. The molecule has 0 spiro atoms. The summed E-state index contributed by atoms with van der Waals surface area (Å²) in [5, 5.41) is 3.53. The van der Waals surface area contributed by atoms with Crippen molar-refractivity contribution in [3.63, 3.8) is 0 Å². The van der Waals surface area contributed by atoms with Crippen LogP contribution >= 0.6 is 0 Å². The molecule has 0 radical (unpaired) electrons. The quantitative estimate of drug-likeness (QED) is 0.794. The van der Waals surface area contributed by atoms with Crippen LogP contribution in [0, 0.1) is 12.8 Å². The van der Waals surface area contributed by atoms with Crippen LogP contribution in [0.3, 0.4) is 0 Å². The molecular formula is C11H17N3. The van der Waals surface area contributed by atoms with Crippen LogP contribution in [-0.2, 0) is 0 Å². The van der Waals surface area contributed by atoms with Gasteiger partial charge in [0.2, 0.25) is 5.95 Å². The van der Waals surface area contributed by atoms with Crippen molar-refractivity contribution >= 4 is 5.95 Å². The number of hydrogen-bond donors (Lipinski definition) is 1. The van der Waals surface area contributed by atoms with Gasteiger partial charge in [0.15, 0.2) is 0 Å². The summed E-state index contributed by atoms with van der Waals surface area (Å²) in [5.41, 5.74) is 1.13. The van der Waals surface area contributed by atoms with E-state index in [1.165, 1.54) is 19.3 Å². The highest BCUT2D eigenvalue weighted by Crippen LogP contribution is 2.39. The summed E-state index contributed by atoms with van der Waals surface area (Å²) in [5.74, 6) is 1.93.